The van der Waals surface area contributed by atoms with Crippen LogP contribution in [0.25, 0.3) is 0 Å². The van der Waals surface area contributed by atoms with Crippen LogP contribution in [0.5, 0.6) is 11.5 Å². The summed E-state index contributed by atoms with van der Waals surface area (Å²) in [7, 11) is 4.94. The molecule has 0 aliphatic heterocycles. The maximum absolute atomic E-state index is 12.8. The van der Waals surface area contributed by atoms with Gasteiger partial charge in [0.2, 0.25) is 0 Å². The van der Waals surface area contributed by atoms with Gasteiger partial charge in [0.05, 0.1) is 19.1 Å². The zero-order chi connectivity index (χ0) is 21.5. The van der Waals surface area contributed by atoms with Gasteiger partial charge in [0.25, 0.3) is 11.8 Å². The number of nitrogens with zero attached hydrogens (tertiary/aromatic N) is 1. The molecule has 30 heavy (non-hydrogen) atoms. The SMILES string of the molecule is COc1ccc(CN(C)C(=O)c2ccc(CNC(=O)c3cccs3)cc2)c(OC)c1. The van der Waals surface area contributed by atoms with Crippen LogP contribution in [-0.4, -0.2) is 38.0 Å². The van der Waals surface area contributed by atoms with Gasteiger partial charge in [-0.3, -0.25) is 9.59 Å². The van der Waals surface area contributed by atoms with Gasteiger partial charge in [-0.2, -0.15) is 0 Å². The molecule has 0 bridgehead atoms. The lowest BCUT2D eigenvalue weighted by molar-refractivity contribution is 0.0783. The summed E-state index contributed by atoms with van der Waals surface area (Å²) in [6.07, 6.45) is 0. The minimum Gasteiger partial charge on any atom is -0.497 e. The van der Waals surface area contributed by atoms with Gasteiger partial charge in [-0.15, -0.1) is 11.3 Å². The zero-order valence-electron chi connectivity index (χ0n) is 17.2. The Hall–Kier alpha value is -3.32. The minimum absolute atomic E-state index is 0.0953. The predicted molar refractivity (Wildman–Crippen MR) is 117 cm³/mol. The van der Waals surface area contributed by atoms with Crippen LogP contribution in [0.1, 0.15) is 31.2 Å². The lowest BCUT2D eigenvalue weighted by Gasteiger charge is -2.19. The molecule has 0 fully saturated rings. The van der Waals surface area contributed by atoms with Crippen LogP contribution in [0.2, 0.25) is 0 Å². The molecule has 0 unspecified atom stereocenters. The third-order valence-electron chi connectivity index (χ3n) is 4.65. The highest BCUT2D eigenvalue weighted by Crippen LogP contribution is 2.26. The molecule has 2 amide bonds. The van der Waals surface area contributed by atoms with E-state index in [1.807, 2.05) is 35.7 Å². The van der Waals surface area contributed by atoms with E-state index in [9.17, 15) is 9.59 Å². The maximum Gasteiger partial charge on any atom is 0.261 e. The number of nitrogens with one attached hydrogen (secondary N) is 1. The number of hydrogen-bond donors (Lipinski definition) is 1. The second-order valence-electron chi connectivity index (χ2n) is 6.70. The lowest BCUT2D eigenvalue weighted by atomic mass is 10.1. The quantitative estimate of drug-likeness (QED) is 0.594. The first-order valence-electron chi connectivity index (χ1n) is 9.39. The highest BCUT2D eigenvalue weighted by atomic mass is 32.1. The summed E-state index contributed by atoms with van der Waals surface area (Å²) in [6, 6.07) is 16.4. The van der Waals surface area contributed by atoms with Crippen molar-refractivity contribution >= 4 is 23.2 Å². The number of amides is 2. The van der Waals surface area contributed by atoms with Crippen molar-refractivity contribution in [2.75, 3.05) is 21.3 Å². The molecule has 3 rings (SSSR count). The molecule has 0 aliphatic carbocycles. The van der Waals surface area contributed by atoms with E-state index in [0.717, 1.165) is 11.1 Å². The molecular weight excluding hydrogens is 400 g/mol. The van der Waals surface area contributed by atoms with E-state index in [2.05, 4.69) is 5.32 Å². The number of methoxy groups -OCH3 is 2. The summed E-state index contributed by atoms with van der Waals surface area (Å²) in [5.74, 6) is 1.18. The summed E-state index contributed by atoms with van der Waals surface area (Å²) >= 11 is 1.40. The fraction of sp³-hybridized carbons (Fsp3) is 0.217. The molecule has 0 saturated carbocycles. The number of benzene rings is 2. The molecule has 156 valence electrons. The Morgan fingerprint density at radius 3 is 2.43 bits per heavy atom. The van der Waals surface area contributed by atoms with Crippen molar-refractivity contribution in [3.8, 4) is 11.5 Å². The smallest absolute Gasteiger partial charge is 0.261 e. The van der Waals surface area contributed by atoms with E-state index >= 15 is 0 Å². The van der Waals surface area contributed by atoms with Gasteiger partial charge >= 0.3 is 0 Å². The standard InChI is InChI=1S/C23H24N2O4S/c1-25(15-18-10-11-19(28-2)13-20(18)29-3)23(27)17-8-6-16(7-9-17)14-24-22(26)21-5-4-12-30-21/h4-13H,14-15H2,1-3H3,(H,24,26). The number of thiophene rings is 1. The Labute approximate surface area is 180 Å². The Kier molecular flexibility index (Phi) is 7.08. The summed E-state index contributed by atoms with van der Waals surface area (Å²) < 4.78 is 10.6. The van der Waals surface area contributed by atoms with Crippen LogP contribution in [0, 0.1) is 0 Å². The molecule has 7 heteroatoms. The van der Waals surface area contributed by atoms with Crippen LogP contribution < -0.4 is 14.8 Å². The van der Waals surface area contributed by atoms with Crippen LogP contribution in [0.4, 0.5) is 0 Å². The molecule has 1 aromatic heterocycles. The molecular formula is C23H24N2O4S. The molecule has 0 spiro atoms. The average Bonchev–Trinajstić information content (AvgIpc) is 3.32. The summed E-state index contributed by atoms with van der Waals surface area (Å²) in [5, 5.41) is 4.75. The van der Waals surface area contributed by atoms with Crippen molar-refractivity contribution in [3.63, 3.8) is 0 Å². The summed E-state index contributed by atoms with van der Waals surface area (Å²) in [5.41, 5.74) is 2.40. The van der Waals surface area contributed by atoms with Gasteiger partial charge in [0, 0.05) is 37.3 Å². The third-order valence-corrected chi connectivity index (χ3v) is 5.52. The van der Waals surface area contributed by atoms with Crippen LogP contribution in [0.15, 0.2) is 60.0 Å². The van der Waals surface area contributed by atoms with E-state index < -0.39 is 0 Å². The Morgan fingerprint density at radius 2 is 1.80 bits per heavy atom. The predicted octanol–water partition coefficient (Wildman–Crippen LogP) is 3.97. The van der Waals surface area contributed by atoms with E-state index in [-0.39, 0.29) is 11.8 Å². The first-order chi connectivity index (χ1) is 14.5. The van der Waals surface area contributed by atoms with Crippen molar-refractivity contribution < 1.29 is 19.1 Å². The largest absolute Gasteiger partial charge is 0.497 e. The van der Waals surface area contributed by atoms with Crippen molar-refractivity contribution in [1.82, 2.24) is 10.2 Å². The van der Waals surface area contributed by atoms with Crippen LogP contribution >= 0.6 is 11.3 Å². The minimum atomic E-state index is -0.0988. The van der Waals surface area contributed by atoms with Gasteiger partial charge in [-0.05, 0) is 41.3 Å². The second kappa shape index (κ2) is 9.93. The topological polar surface area (TPSA) is 67.9 Å². The molecule has 6 nitrogen and oxygen atoms in total. The monoisotopic (exact) mass is 424 g/mol. The van der Waals surface area contributed by atoms with Gasteiger partial charge < -0.3 is 19.7 Å². The molecule has 1 heterocycles. The zero-order valence-corrected chi connectivity index (χ0v) is 18.0. The number of carbonyl (C=O) groups excluding carboxylic acids is 2. The van der Waals surface area contributed by atoms with Crippen molar-refractivity contribution in [2.45, 2.75) is 13.1 Å². The first kappa shape index (κ1) is 21.4. The Bertz CT molecular complexity index is 1000. The Balaban J connectivity index is 1.60. The summed E-state index contributed by atoms with van der Waals surface area (Å²) in [6.45, 7) is 0.814. The normalized spacial score (nSPS) is 10.4. The van der Waals surface area contributed by atoms with Crippen LogP contribution in [0.3, 0.4) is 0 Å². The van der Waals surface area contributed by atoms with Crippen molar-refractivity contribution in [2.24, 2.45) is 0 Å². The van der Waals surface area contributed by atoms with E-state index in [1.54, 1.807) is 50.4 Å². The Morgan fingerprint density at radius 1 is 1.03 bits per heavy atom. The molecule has 0 aliphatic rings. The van der Waals surface area contributed by atoms with Crippen molar-refractivity contribution in [3.05, 3.63) is 81.5 Å². The molecule has 0 atom stereocenters. The fourth-order valence-electron chi connectivity index (χ4n) is 2.97. The third kappa shape index (κ3) is 5.18. The lowest BCUT2D eigenvalue weighted by Crippen LogP contribution is -2.26. The van der Waals surface area contributed by atoms with E-state index in [1.165, 1.54) is 11.3 Å². The maximum atomic E-state index is 12.8. The highest BCUT2D eigenvalue weighted by Gasteiger charge is 2.15. The molecule has 2 aromatic carbocycles. The number of ether oxygens (including phenoxy) is 2. The number of hydrogen-bond acceptors (Lipinski definition) is 5. The number of rotatable bonds is 8. The van der Waals surface area contributed by atoms with E-state index in [4.69, 9.17) is 9.47 Å². The first-order valence-corrected chi connectivity index (χ1v) is 10.3. The highest BCUT2D eigenvalue weighted by molar-refractivity contribution is 7.12. The number of carbonyl (C=O) groups is 2. The van der Waals surface area contributed by atoms with Crippen LogP contribution in [-0.2, 0) is 13.1 Å². The molecule has 0 radical (unpaired) electrons. The fourth-order valence-corrected chi connectivity index (χ4v) is 3.61. The van der Waals surface area contributed by atoms with Gasteiger partial charge in [-0.25, -0.2) is 0 Å². The molecule has 0 saturated heterocycles. The van der Waals surface area contributed by atoms with Gasteiger partial charge in [0.15, 0.2) is 0 Å². The van der Waals surface area contributed by atoms with Crippen molar-refractivity contribution in [1.29, 1.82) is 0 Å². The summed E-state index contributed by atoms with van der Waals surface area (Å²) in [4.78, 5) is 27.1. The second-order valence-corrected chi connectivity index (χ2v) is 7.64. The average molecular weight is 425 g/mol. The molecule has 3 aromatic rings. The van der Waals surface area contributed by atoms with Gasteiger partial charge in [-0.1, -0.05) is 18.2 Å². The van der Waals surface area contributed by atoms with E-state index in [0.29, 0.717) is 35.0 Å². The molecule has 1 N–H and O–H groups in total. The van der Waals surface area contributed by atoms with Gasteiger partial charge in [0.1, 0.15) is 11.5 Å².